The van der Waals surface area contributed by atoms with E-state index in [9.17, 15) is 13.2 Å². The molecule has 194 valence electrons. The molecule has 2 saturated heterocycles. The number of nitrogens with zero attached hydrogens (tertiary/aromatic N) is 5. The summed E-state index contributed by atoms with van der Waals surface area (Å²) in [7, 11) is -3.61. The number of rotatable bonds is 4. The number of morpholine rings is 1. The second-order valence-electron chi connectivity index (χ2n) is 10.2. The fraction of sp³-hybridized carbons (Fsp3) is 0.444. The molecule has 2 aromatic heterocycles. The van der Waals surface area contributed by atoms with Crippen LogP contribution in [0.4, 0.5) is 0 Å². The van der Waals surface area contributed by atoms with Crippen LogP contribution in [0.3, 0.4) is 0 Å². The van der Waals surface area contributed by atoms with Crippen molar-refractivity contribution in [1.82, 2.24) is 24.6 Å². The van der Waals surface area contributed by atoms with Crippen molar-refractivity contribution in [2.45, 2.75) is 37.0 Å². The molecule has 1 amide bonds. The predicted molar refractivity (Wildman–Crippen MR) is 138 cm³/mol. The summed E-state index contributed by atoms with van der Waals surface area (Å²) in [6.45, 7) is 7.08. The highest BCUT2D eigenvalue weighted by Crippen LogP contribution is 2.40. The normalized spacial score (nSPS) is 19.9. The summed E-state index contributed by atoms with van der Waals surface area (Å²) in [5.41, 5.74) is 3.50. The fourth-order valence-corrected chi connectivity index (χ4v) is 7.02. The minimum Gasteiger partial charge on any atom is -0.378 e. The highest BCUT2D eigenvalue weighted by atomic mass is 32.2. The van der Waals surface area contributed by atoms with Crippen LogP contribution in [0.5, 0.6) is 0 Å². The van der Waals surface area contributed by atoms with Gasteiger partial charge in [0.25, 0.3) is 5.91 Å². The molecule has 3 aromatic rings. The first-order valence-corrected chi connectivity index (χ1v) is 14.5. The summed E-state index contributed by atoms with van der Waals surface area (Å²) in [6, 6.07) is 10.9. The first-order chi connectivity index (χ1) is 17.9. The number of piperidine rings is 1. The van der Waals surface area contributed by atoms with Gasteiger partial charge < -0.3 is 9.64 Å². The van der Waals surface area contributed by atoms with Crippen molar-refractivity contribution in [3.63, 3.8) is 0 Å². The van der Waals surface area contributed by atoms with Gasteiger partial charge in [-0.15, -0.1) is 0 Å². The summed E-state index contributed by atoms with van der Waals surface area (Å²) >= 11 is 0. The van der Waals surface area contributed by atoms with Crippen molar-refractivity contribution in [1.29, 1.82) is 0 Å². The summed E-state index contributed by atoms with van der Waals surface area (Å²) in [4.78, 5) is 22.6. The number of likely N-dealkylation sites (tertiary alicyclic amines) is 1. The fourth-order valence-electron chi connectivity index (χ4n) is 5.42. The molecule has 10 heteroatoms. The lowest BCUT2D eigenvalue weighted by Crippen LogP contribution is -2.41. The van der Waals surface area contributed by atoms with E-state index in [1.54, 1.807) is 34.0 Å². The molecular weight excluding hydrogens is 490 g/mol. The Hall–Kier alpha value is -3.08. The minimum absolute atomic E-state index is 0.182. The van der Waals surface area contributed by atoms with Gasteiger partial charge >= 0.3 is 0 Å². The maximum absolute atomic E-state index is 13.5. The van der Waals surface area contributed by atoms with Gasteiger partial charge in [-0.3, -0.25) is 14.7 Å². The van der Waals surface area contributed by atoms with Gasteiger partial charge in [0.15, 0.2) is 15.5 Å². The van der Waals surface area contributed by atoms with Gasteiger partial charge in [0.1, 0.15) is 0 Å². The van der Waals surface area contributed by atoms with Crippen LogP contribution < -0.4 is 0 Å². The quantitative estimate of drug-likeness (QED) is 0.521. The van der Waals surface area contributed by atoms with E-state index in [1.165, 1.54) is 12.8 Å². The van der Waals surface area contributed by atoms with Gasteiger partial charge in [0.05, 0.1) is 47.1 Å². The lowest BCUT2D eigenvalue weighted by atomic mass is 9.99. The third kappa shape index (κ3) is 4.58. The summed E-state index contributed by atoms with van der Waals surface area (Å²) in [5.74, 6) is 0.249. The SMILES string of the molecule is CC1CCN(Cc2ccc(-n3nc(C(=O)N4CCOCC4)c4c3-c3ccccc3S(=O)(=O)C4)cn2)CC1. The molecule has 0 aliphatic carbocycles. The van der Waals surface area contributed by atoms with Crippen LogP contribution in [-0.4, -0.2) is 78.3 Å². The molecule has 0 bridgehead atoms. The predicted octanol–water partition coefficient (Wildman–Crippen LogP) is 2.93. The Kier molecular flexibility index (Phi) is 6.34. The monoisotopic (exact) mass is 521 g/mol. The zero-order valence-corrected chi connectivity index (χ0v) is 21.8. The van der Waals surface area contributed by atoms with Gasteiger partial charge in [-0.05, 0) is 50.0 Å². The Bertz CT molecular complexity index is 1420. The van der Waals surface area contributed by atoms with Crippen molar-refractivity contribution in [2.24, 2.45) is 5.92 Å². The molecule has 5 heterocycles. The Morgan fingerprint density at radius 2 is 1.81 bits per heavy atom. The number of hydrogen-bond donors (Lipinski definition) is 0. The number of ether oxygens (including phenoxy) is 1. The molecule has 0 saturated carbocycles. The second-order valence-corrected chi connectivity index (χ2v) is 12.2. The Labute approximate surface area is 217 Å². The van der Waals surface area contributed by atoms with E-state index in [2.05, 4.69) is 11.8 Å². The molecule has 0 spiro atoms. The van der Waals surface area contributed by atoms with Crippen molar-refractivity contribution < 1.29 is 17.9 Å². The molecule has 0 N–H and O–H groups in total. The number of sulfone groups is 1. The van der Waals surface area contributed by atoms with Crippen molar-refractivity contribution in [3.05, 3.63) is 59.5 Å². The average Bonchev–Trinajstić information content (AvgIpc) is 3.29. The average molecular weight is 522 g/mol. The Morgan fingerprint density at radius 1 is 1.05 bits per heavy atom. The summed E-state index contributed by atoms with van der Waals surface area (Å²) in [5, 5.41) is 4.73. The molecule has 1 aromatic carbocycles. The standard InChI is InChI=1S/C27H31N5O4S/c1-19-8-10-30(11-9-19)17-20-6-7-21(16-28-20)32-26-22-4-2-3-5-24(22)37(34,35)18-23(26)25(29-32)27(33)31-12-14-36-15-13-31/h2-7,16,19H,8-15,17-18H2,1H3. The van der Waals surface area contributed by atoms with Gasteiger partial charge in [-0.1, -0.05) is 25.1 Å². The Balaban J connectivity index is 1.40. The molecule has 3 aliphatic rings. The lowest BCUT2D eigenvalue weighted by Gasteiger charge is -2.29. The lowest BCUT2D eigenvalue weighted by molar-refractivity contribution is 0.0298. The van der Waals surface area contributed by atoms with Crippen molar-refractivity contribution in [3.8, 4) is 16.9 Å². The highest BCUT2D eigenvalue weighted by Gasteiger charge is 2.37. The number of carbonyl (C=O) groups excluding carboxylic acids is 1. The zero-order valence-electron chi connectivity index (χ0n) is 21.0. The number of pyridine rings is 1. The van der Waals surface area contributed by atoms with E-state index in [-0.39, 0.29) is 22.2 Å². The number of amides is 1. The highest BCUT2D eigenvalue weighted by molar-refractivity contribution is 7.90. The van der Waals surface area contributed by atoms with Crippen LogP contribution in [0.25, 0.3) is 16.9 Å². The van der Waals surface area contributed by atoms with Crippen LogP contribution in [0.15, 0.2) is 47.5 Å². The van der Waals surface area contributed by atoms with Crippen LogP contribution in [-0.2, 0) is 26.9 Å². The molecular formula is C27H31N5O4S. The smallest absolute Gasteiger partial charge is 0.274 e. The van der Waals surface area contributed by atoms with Crippen molar-refractivity contribution >= 4 is 15.7 Å². The largest absolute Gasteiger partial charge is 0.378 e. The molecule has 3 aliphatic heterocycles. The van der Waals surface area contributed by atoms with Gasteiger partial charge in [-0.2, -0.15) is 5.10 Å². The first kappa shape index (κ1) is 24.3. The van der Waals surface area contributed by atoms with E-state index in [0.717, 1.165) is 31.2 Å². The number of carbonyl (C=O) groups is 1. The summed E-state index contributed by atoms with van der Waals surface area (Å²) in [6.07, 6.45) is 4.18. The maximum Gasteiger partial charge on any atom is 0.274 e. The van der Waals surface area contributed by atoms with E-state index < -0.39 is 9.84 Å². The Morgan fingerprint density at radius 3 is 2.54 bits per heavy atom. The van der Waals surface area contributed by atoms with Crippen molar-refractivity contribution in [2.75, 3.05) is 39.4 Å². The molecule has 9 nitrogen and oxygen atoms in total. The van der Waals surface area contributed by atoms with Gasteiger partial charge in [0.2, 0.25) is 0 Å². The summed E-state index contributed by atoms with van der Waals surface area (Å²) < 4.78 is 33.5. The molecule has 0 atom stereocenters. The van der Waals surface area contributed by atoms with Crippen LogP contribution in [0.1, 0.15) is 41.5 Å². The van der Waals surface area contributed by atoms with Crippen LogP contribution >= 0.6 is 0 Å². The first-order valence-electron chi connectivity index (χ1n) is 12.9. The van der Waals surface area contributed by atoms with Crippen LogP contribution in [0.2, 0.25) is 0 Å². The van der Waals surface area contributed by atoms with E-state index in [4.69, 9.17) is 14.8 Å². The molecule has 37 heavy (non-hydrogen) atoms. The number of fused-ring (bicyclic) bond motifs is 3. The van der Waals surface area contributed by atoms with Gasteiger partial charge in [0, 0.05) is 30.8 Å². The number of benzene rings is 1. The van der Waals surface area contributed by atoms with Gasteiger partial charge in [-0.25, -0.2) is 13.1 Å². The van der Waals surface area contributed by atoms with E-state index >= 15 is 0 Å². The third-order valence-electron chi connectivity index (χ3n) is 7.61. The number of hydrogen-bond acceptors (Lipinski definition) is 7. The number of aromatic nitrogens is 3. The van der Waals surface area contributed by atoms with Crippen LogP contribution in [0, 0.1) is 5.92 Å². The maximum atomic E-state index is 13.5. The molecule has 2 fully saturated rings. The zero-order chi connectivity index (χ0) is 25.6. The second kappa shape index (κ2) is 9.66. The minimum atomic E-state index is -3.61. The molecule has 6 rings (SSSR count). The molecule has 0 radical (unpaired) electrons. The van der Waals surface area contributed by atoms with E-state index in [0.29, 0.717) is 48.8 Å². The molecule has 0 unspecified atom stereocenters. The van der Waals surface area contributed by atoms with E-state index in [1.807, 2.05) is 18.2 Å². The topological polar surface area (TPSA) is 97.6 Å². The third-order valence-corrected chi connectivity index (χ3v) is 9.31.